The third-order valence-electron chi connectivity index (χ3n) is 2.28. The van der Waals surface area contributed by atoms with E-state index in [2.05, 4.69) is 24.3 Å². The molecule has 17 heavy (non-hydrogen) atoms. The van der Waals surface area contributed by atoms with E-state index in [1.165, 1.54) is 24.6 Å². The van der Waals surface area contributed by atoms with Gasteiger partial charge in [0.1, 0.15) is 4.90 Å². The molecule has 0 aliphatic carbocycles. The van der Waals surface area contributed by atoms with Gasteiger partial charge < -0.3 is 5.32 Å². The monoisotopic (exact) mass is 260 g/mol. The number of hydrogen-bond acceptors (Lipinski definition) is 4. The molecule has 1 heterocycles. The summed E-state index contributed by atoms with van der Waals surface area (Å²) in [6, 6.07) is 0.413. The summed E-state index contributed by atoms with van der Waals surface area (Å²) < 4.78 is 26.4. The predicted molar refractivity (Wildman–Crippen MR) is 66.2 cm³/mol. The minimum absolute atomic E-state index is 0.229. The molecule has 1 rings (SSSR count). The molecular formula is C10H20N4O2S. The number of nitrogens with zero attached hydrogens (tertiary/aromatic N) is 3. The van der Waals surface area contributed by atoms with Crippen LogP contribution in [0.25, 0.3) is 0 Å². The van der Waals surface area contributed by atoms with E-state index < -0.39 is 10.0 Å². The van der Waals surface area contributed by atoms with Crippen LogP contribution in [0.5, 0.6) is 0 Å². The van der Waals surface area contributed by atoms with Gasteiger partial charge in [-0.25, -0.2) is 12.7 Å². The van der Waals surface area contributed by atoms with Crippen LogP contribution >= 0.6 is 0 Å². The van der Waals surface area contributed by atoms with Crippen molar-refractivity contribution in [1.29, 1.82) is 0 Å². The molecule has 0 saturated carbocycles. The summed E-state index contributed by atoms with van der Waals surface area (Å²) in [5.74, 6) is 0. The van der Waals surface area contributed by atoms with Gasteiger partial charge in [0.05, 0.1) is 12.7 Å². The topological polar surface area (TPSA) is 67.2 Å². The molecular weight excluding hydrogens is 240 g/mol. The number of aromatic nitrogens is 2. The smallest absolute Gasteiger partial charge is 0.245 e. The lowest BCUT2D eigenvalue weighted by molar-refractivity contribution is 0.512. The maximum absolute atomic E-state index is 11.8. The third-order valence-corrected chi connectivity index (χ3v) is 4.05. The van der Waals surface area contributed by atoms with Gasteiger partial charge in [0, 0.05) is 32.9 Å². The van der Waals surface area contributed by atoms with Gasteiger partial charge in [0.2, 0.25) is 10.0 Å². The number of nitrogens with one attached hydrogen (secondary N) is 1. The van der Waals surface area contributed by atoms with E-state index in [-0.39, 0.29) is 4.90 Å². The highest BCUT2D eigenvalue weighted by Crippen LogP contribution is 2.10. The van der Waals surface area contributed by atoms with Gasteiger partial charge in [-0.05, 0) is 0 Å². The molecule has 0 fully saturated rings. The van der Waals surface area contributed by atoms with Gasteiger partial charge in [-0.1, -0.05) is 13.8 Å². The molecule has 0 unspecified atom stereocenters. The van der Waals surface area contributed by atoms with E-state index in [1.807, 2.05) is 0 Å². The van der Waals surface area contributed by atoms with E-state index in [1.54, 1.807) is 10.9 Å². The van der Waals surface area contributed by atoms with Gasteiger partial charge in [0.25, 0.3) is 0 Å². The first kappa shape index (κ1) is 14.1. The highest BCUT2D eigenvalue weighted by atomic mass is 32.2. The standard InChI is InChI=1S/C10H20N4O2S/c1-9(2)11-5-6-14-8-10(7-12-14)17(15,16)13(3)4/h7-9,11H,5-6H2,1-4H3. The normalized spacial score (nSPS) is 12.6. The second-order valence-electron chi connectivity index (χ2n) is 4.34. The quantitative estimate of drug-likeness (QED) is 0.789. The Bertz CT molecular complexity index is 451. The zero-order valence-electron chi connectivity index (χ0n) is 10.7. The Hall–Kier alpha value is -0.920. The van der Waals surface area contributed by atoms with Crippen molar-refractivity contribution in [2.75, 3.05) is 20.6 Å². The third kappa shape index (κ3) is 3.79. The minimum Gasteiger partial charge on any atom is -0.313 e. The zero-order chi connectivity index (χ0) is 13.1. The van der Waals surface area contributed by atoms with Gasteiger partial charge in [-0.3, -0.25) is 4.68 Å². The van der Waals surface area contributed by atoms with Crippen molar-refractivity contribution in [1.82, 2.24) is 19.4 Å². The van der Waals surface area contributed by atoms with Crippen LogP contribution in [0, 0.1) is 0 Å². The van der Waals surface area contributed by atoms with Gasteiger partial charge in [0.15, 0.2) is 0 Å². The summed E-state index contributed by atoms with van der Waals surface area (Å²) in [4.78, 5) is 0.229. The molecule has 1 aromatic rings. The first-order valence-corrected chi connectivity index (χ1v) is 6.96. The molecule has 0 saturated heterocycles. The van der Waals surface area contributed by atoms with Crippen LogP contribution in [-0.4, -0.2) is 49.2 Å². The first-order valence-electron chi connectivity index (χ1n) is 5.52. The SMILES string of the molecule is CC(C)NCCn1cc(S(=O)(=O)N(C)C)cn1. The van der Waals surface area contributed by atoms with E-state index in [0.29, 0.717) is 12.6 Å². The molecule has 0 spiro atoms. The molecule has 0 aromatic carbocycles. The largest absolute Gasteiger partial charge is 0.313 e. The zero-order valence-corrected chi connectivity index (χ0v) is 11.5. The summed E-state index contributed by atoms with van der Waals surface area (Å²) in [5, 5.41) is 7.28. The Morgan fingerprint density at radius 3 is 2.65 bits per heavy atom. The van der Waals surface area contributed by atoms with Crippen LogP contribution < -0.4 is 5.32 Å². The molecule has 0 aliphatic rings. The van der Waals surface area contributed by atoms with Crippen molar-refractivity contribution < 1.29 is 8.42 Å². The second-order valence-corrected chi connectivity index (χ2v) is 6.49. The van der Waals surface area contributed by atoms with E-state index in [4.69, 9.17) is 0 Å². The van der Waals surface area contributed by atoms with Crippen molar-refractivity contribution in [3.8, 4) is 0 Å². The van der Waals surface area contributed by atoms with Crippen LogP contribution in [0.2, 0.25) is 0 Å². The van der Waals surface area contributed by atoms with Crippen LogP contribution in [0.15, 0.2) is 17.3 Å². The Morgan fingerprint density at radius 2 is 2.12 bits per heavy atom. The molecule has 1 N–H and O–H groups in total. The highest BCUT2D eigenvalue weighted by molar-refractivity contribution is 7.89. The van der Waals surface area contributed by atoms with Crippen LogP contribution in [-0.2, 0) is 16.6 Å². The molecule has 1 aromatic heterocycles. The van der Waals surface area contributed by atoms with Crippen LogP contribution in [0.4, 0.5) is 0 Å². The highest BCUT2D eigenvalue weighted by Gasteiger charge is 2.18. The van der Waals surface area contributed by atoms with Crippen molar-refractivity contribution in [2.24, 2.45) is 0 Å². The maximum Gasteiger partial charge on any atom is 0.245 e. The molecule has 0 amide bonds. The number of hydrogen-bond donors (Lipinski definition) is 1. The molecule has 0 radical (unpaired) electrons. The van der Waals surface area contributed by atoms with E-state index >= 15 is 0 Å². The molecule has 0 bridgehead atoms. The Kier molecular flexibility index (Phi) is 4.67. The molecule has 0 aliphatic heterocycles. The van der Waals surface area contributed by atoms with E-state index in [9.17, 15) is 8.42 Å². The molecule has 6 nitrogen and oxygen atoms in total. The van der Waals surface area contributed by atoms with Crippen molar-refractivity contribution in [3.05, 3.63) is 12.4 Å². The predicted octanol–water partition coefficient (Wildman–Crippen LogP) is 0.131. The second kappa shape index (κ2) is 5.61. The van der Waals surface area contributed by atoms with Crippen LogP contribution in [0.3, 0.4) is 0 Å². The summed E-state index contributed by atoms with van der Waals surface area (Å²) in [6.07, 6.45) is 2.93. The van der Waals surface area contributed by atoms with Crippen LogP contribution in [0.1, 0.15) is 13.8 Å². The Morgan fingerprint density at radius 1 is 1.47 bits per heavy atom. The van der Waals surface area contributed by atoms with Gasteiger partial charge in [-0.15, -0.1) is 0 Å². The van der Waals surface area contributed by atoms with Crippen molar-refractivity contribution in [2.45, 2.75) is 31.3 Å². The fourth-order valence-corrected chi connectivity index (χ4v) is 2.14. The van der Waals surface area contributed by atoms with Crippen molar-refractivity contribution in [3.63, 3.8) is 0 Å². The summed E-state index contributed by atoms with van der Waals surface area (Å²) in [7, 11) is -0.354. The summed E-state index contributed by atoms with van der Waals surface area (Å²) in [6.45, 7) is 5.54. The van der Waals surface area contributed by atoms with E-state index in [0.717, 1.165) is 6.54 Å². The molecule has 0 atom stereocenters. The fraction of sp³-hybridized carbons (Fsp3) is 0.700. The van der Waals surface area contributed by atoms with Gasteiger partial charge in [-0.2, -0.15) is 5.10 Å². The van der Waals surface area contributed by atoms with Crippen molar-refractivity contribution >= 4 is 10.0 Å². The number of sulfonamides is 1. The number of rotatable bonds is 6. The first-order chi connectivity index (χ1) is 7.84. The molecule has 7 heteroatoms. The Balaban J connectivity index is 2.66. The lowest BCUT2D eigenvalue weighted by atomic mass is 10.4. The fourth-order valence-electron chi connectivity index (χ4n) is 1.28. The maximum atomic E-state index is 11.8. The van der Waals surface area contributed by atoms with Gasteiger partial charge >= 0.3 is 0 Å². The summed E-state index contributed by atoms with van der Waals surface area (Å²) in [5.41, 5.74) is 0. The average Bonchev–Trinajstić information content (AvgIpc) is 2.66. The molecule has 98 valence electrons. The lowest BCUT2D eigenvalue weighted by Crippen LogP contribution is -2.26. The Labute approximate surface area is 103 Å². The summed E-state index contributed by atoms with van der Waals surface area (Å²) >= 11 is 0. The lowest BCUT2D eigenvalue weighted by Gasteiger charge is -2.09. The minimum atomic E-state index is -3.37. The average molecular weight is 260 g/mol.